The molecule has 1 heterocycles. The van der Waals surface area contributed by atoms with E-state index in [1.54, 1.807) is 0 Å². The van der Waals surface area contributed by atoms with E-state index in [1.807, 2.05) is 0 Å². The van der Waals surface area contributed by atoms with Crippen molar-refractivity contribution in [3.05, 3.63) is 0 Å². The summed E-state index contributed by atoms with van der Waals surface area (Å²) in [5.41, 5.74) is 6.12. The van der Waals surface area contributed by atoms with Crippen LogP contribution in [0.4, 0.5) is 0 Å². The molecule has 2 N–H and O–H groups in total. The van der Waals surface area contributed by atoms with Crippen molar-refractivity contribution in [2.24, 2.45) is 17.6 Å². The van der Waals surface area contributed by atoms with E-state index >= 15 is 0 Å². The molecule has 110 valence electrons. The van der Waals surface area contributed by atoms with Crippen LogP contribution in [0.1, 0.15) is 40.0 Å². The lowest BCUT2D eigenvalue weighted by molar-refractivity contribution is -0.139. The maximum atomic E-state index is 12.5. The standard InChI is InChI=1S/C15H29N3O/c1-11(2)17-6-8-18(9-7-17)15(19)13-5-4-12(3)14(16)10-13/h11-14H,4-10,16H2,1-3H3. The highest BCUT2D eigenvalue weighted by Crippen LogP contribution is 2.29. The van der Waals surface area contributed by atoms with E-state index in [4.69, 9.17) is 5.73 Å². The first-order chi connectivity index (χ1) is 8.99. The van der Waals surface area contributed by atoms with Crippen LogP contribution in [-0.2, 0) is 4.79 Å². The van der Waals surface area contributed by atoms with Gasteiger partial charge in [-0.3, -0.25) is 9.69 Å². The van der Waals surface area contributed by atoms with E-state index in [1.165, 1.54) is 0 Å². The molecule has 0 spiro atoms. The van der Waals surface area contributed by atoms with E-state index in [-0.39, 0.29) is 12.0 Å². The SMILES string of the molecule is CC1CCC(C(=O)N2CCN(C(C)C)CC2)CC1N. The molecule has 3 unspecified atom stereocenters. The van der Waals surface area contributed by atoms with Crippen LogP contribution < -0.4 is 5.73 Å². The molecule has 2 rings (SSSR count). The van der Waals surface area contributed by atoms with Crippen LogP contribution in [0.3, 0.4) is 0 Å². The molecule has 0 aromatic rings. The van der Waals surface area contributed by atoms with Gasteiger partial charge in [0.05, 0.1) is 0 Å². The summed E-state index contributed by atoms with van der Waals surface area (Å²) >= 11 is 0. The summed E-state index contributed by atoms with van der Waals surface area (Å²) in [4.78, 5) is 17.0. The third-order valence-electron chi connectivity index (χ3n) is 4.96. The summed E-state index contributed by atoms with van der Waals surface area (Å²) in [6.45, 7) is 10.4. The number of piperazine rings is 1. The van der Waals surface area contributed by atoms with Crippen molar-refractivity contribution in [2.45, 2.75) is 52.1 Å². The van der Waals surface area contributed by atoms with Gasteiger partial charge in [0.15, 0.2) is 0 Å². The van der Waals surface area contributed by atoms with E-state index < -0.39 is 0 Å². The Kier molecular flexibility index (Phi) is 4.85. The summed E-state index contributed by atoms with van der Waals surface area (Å²) in [5, 5.41) is 0. The predicted octanol–water partition coefficient (Wildman–Crippen LogP) is 1.30. The maximum Gasteiger partial charge on any atom is 0.225 e. The maximum absolute atomic E-state index is 12.5. The van der Waals surface area contributed by atoms with Gasteiger partial charge in [0.2, 0.25) is 5.91 Å². The van der Waals surface area contributed by atoms with Gasteiger partial charge in [-0.15, -0.1) is 0 Å². The molecule has 0 radical (unpaired) electrons. The quantitative estimate of drug-likeness (QED) is 0.820. The van der Waals surface area contributed by atoms with Gasteiger partial charge >= 0.3 is 0 Å². The van der Waals surface area contributed by atoms with Gasteiger partial charge in [0.25, 0.3) is 0 Å². The molecule has 0 aromatic heterocycles. The number of hydrogen-bond donors (Lipinski definition) is 1. The Bertz CT molecular complexity index is 311. The molecular formula is C15H29N3O. The predicted molar refractivity (Wildman–Crippen MR) is 77.8 cm³/mol. The van der Waals surface area contributed by atoms with Crippen LogP contribution in [0.5, 0.6) is 0 Å². The van der Waals surface area contributed by atoms with E-state index in [9.17, 15) is 4.79 Å². The molecule has 0 aromatic carbocycles. The molecule has 0 bridgehead atoms. The molecule has 1 saturated carbocycles. The minimum absolute atomic E-state index is 0.178. The van der Waals surface area contributed by atoms with Crippen LogP contribution in [0.2, 0.25) is 0 Å². The lowest BCUT2D eigenvalue weighted by Gasteiger charge is -2.40. The van der Waals surface area contributed by atoms with Crippen molar-refractivity contribution < 1.29 is 4.79 Å². The number of carbonyl (C=O) groups is 1. The second kappa shape index (κ2) is 6.23. The molecule has 4 nitrogen and oxygen atoms in total. The molecule has 1 aliphatic carbocycles. The molecule has 1 saturated heterocycles. The molecule has 3 atom stereocenters. The normalized spacial score (nSPS) is 33.7. The van der Waals surface area contributed by atoms with Crippen molar-refractivity contribution in [3.8, 4) is 0 Å². The number of nitrogens with zero attached hydrogens (tertiary/aromatic N) is 2. The van der Waals surface area contributed by atoms with Crippen LogP contribution in [-0.4, -0.2) is 54.0 Å². The van der Waals surface area contributed by atoms with Gasteiger partial charge in [0, 0.05) is 44.2 Å². The highest BCUT2D eigenvalue weighted by atomic mass is 16.2. The first-order valence-corrected chi connectivity index (χ1v) is 7.77. The number of nitrogens with two attached hydrogens (primary N) is 1. The average Bonchev–Trinajstić information content (AvgIpc) is 2.41. The number of hydrogen-bond acceptors (Lipinski definition) is 3. The van der Waals surface area contributed by atoms with Gasteiger partial charge in [-0.25, -0.2) is 0 Å². The first-order valence-electron chi connectivity index (χ1n) is 7.77. The Morgan fingerprint density at radius 3 is 2.32 bits per heavy atom. The van der Waals surface area contributed by atoms with Crippen LogP contribution in [0.25, 0.3) is 0 Å². The average molecular weight is 267 g/mol. The fourth-order valence-electron chi connectivity index (χ4n) is 3.30. The zero-order valence-corrected chi connectivity index (χ0v) is 12.6. The molecule has 2 fully saturated rings. The van der Waals surface area contributed by atoms with Crippen LogP contribution >= 0.6 is 0 Å². The summed E-state index contributed by atoms with van der Waals surface area (Å²) in [7, 11) is 0. The number of rotatable bonds is 2. The largest absolute Gasteiger partial charge is 0.340 e. The second-order valence-corrected chi connectivity index (χ2v) is 6.61. The van der Waals surface area contributed by atoms with Gasteiger partial charge in [0.1, 0.15) is 0 Å². The van der Waals surface area contributed by atoms with Crippen molar-refractivity contribution >= 4 is 5.91 Å². The zero-order valence-electron chi connectivity index (χ0n) is 12.6. The Balaban J connectivity index is 1.84. The van der Waals surface area contributed by atoms with Crippen molar-refractivity contribution in [1.82, 2.24) is 9.80 Å². The van der Waals surface area contributed by atoms with Gasteiger partial charge < -0.3 is 10.6 Å². The summed E-state index contributed by atoms with van der Waals surface area (Å²) in [5.74, 6) is 1.10. The van der Waals surface area contributed by atoms with Crippen LogP contribution in [0.15, 0.2) is 0 Å². The van der Waals surface area contributed by atoms with Gasteiger partial charge in [-0.05, 0) is 39.0 Å². The highest BCUT2D eigenvalue weighted by Gasteiger charge is 2.33. The highest BCUT2D eigenvalue weighted by molar-refractivity contribution is 5.79. The zero-order chi connectivity index (χ0) is 14.0. The first kappa shape index (κ1) is 14.8. The third kappa shape index (κ3) is 3.48. The van der Waals surface area contributed by atoms with Crippen molar-refractivity contribution in [3.63, 3.8) is 0 Å². The third-order valence-corrected chi connectivity index (χ3v) is 4.96. The van der Waals surface area contributed by atoms with Gasteiger partial charge in [-0.2, -0.15) is 0 Å². The minimum Gasteiger partial charge on any atom is -0.340 e. The fraction of sp³-hybridized carbons (Fsp3) is 0.933. The summed E-state index contributed by atoms with van der Waals surface area (Å²) in [6, 6.07) is 0.792. The summed E-state index contributed by atoms with van der Waals surface area (Å²) in [6.07, 6.45) is 3.01. The van der Waals surface area contributed by atoms with Crippen molar-refractivity contribution in [2.75, 3.05) is 26.2 Å². The number of carbonyl (C=O) groups excluding carboxylic acids is 1. The topological polar surface area (TPSA) is 49.6 Å². The Labute approximate surface area is 117 Å². The molecule has 1 aliphatic heterocycles. The number of amides is 1. The van der Waals surface area contributed by atoms with E-state index in [0.717, 1.165) is 45.4 Å². The lowest BCUT2D eigenvalue weighted by Crippen LogP contribution is -2.53. The molecule has 19 heavy (non-hydrogen) atoms. The second-order valence-electron chi connectivity index (χ2n) is 6.61. The molecule has 2 aliphatic rings. The van der Waals surface area contributed by atoms with Crippen molar-refractivity contribution in [1.29, 1.82) is 0 Å². The Morgan fingerprint density at radius 2 is 1.79 bits per heavy atom. The lowest BCUT2D eigenvalue weighted by atomic mass is 9.79. The monoisotopic (exact) mass is 267 g/mol. The minimum atomic E-state index is 0.178. The van der Waals surface area contributed by atoms with E-state index in [0.29, 0.717) is 17.9 Å². The van der Waals surface area contributed by atoms with Gasteiger partial charge in [-0.1, -0.05) is 6.92 Å². The smallest absolute Gasteiger partial charge is 0.225 e. The fourth-order valence-corrected chi connectivity index (χ4v) is 3.30. The molecular weight excluding hydrogens is 238 g/mol. The molecule has 1 amide bonds. The Morgan fingerprint density at radius 1 is 1.16 bits per heavy atom. The Hall–Kier alpha value is -0.610. The summed E-state index contributed by atoms with van der Waals surface area (Å²) < 4.78 is 0. The van der Waals surface area contributed by atoms with Crippen LogP contribution in [0, 0.1) is 11.8 Å². The van der Waals surface area contributed by atoms with E-state index in [2.05, 4.69) is 30.6 Å². The molecule has 4 heteroatoms.